The van der Waals surface area contributed by atoms with Crippen LogP contribution in [-0.2, 0) is 0 Å². The first-order chi connectivity index (χ1) is 6.27. The Kier molecular flexibility index (Phi) is 3.56. The Morgan fingerprint density at radius 1 is 1.57 bits per heavy atom. The Morgan fingerprint density at radius 3 is 2.43 bits per heavy atom. The van der Waals surface area contributed by atoms with E-state index in [1.165, 1.54) is 18.2 Å². The van der Waals surface area contributed by atoms with Gasteiger partial charge in [0, 0.05) is 5.25 Å². The highest BCUT2D eigenvalue weighted by Crippen LogP contribution is 2.54. The van der Waals surface area contributed by atoms with E-state index < -0.39 is 0 Å². The van der Waals surface area contributed by atoms with Gasteiger partial charge in [0.2, 0.25) is 0 Å². The summed E-state index contributed by atoms with van der Waals surface area (Å²) in [4.78, 5) is 0. The predicted octanol–water partition coefficient (Wildman–Crippen LogP) is 3.84. The van der Waals surface area contributed by atoms with Gasteiger partial charge in [0.1, 0.15) is 8.28 Å². The van der Waals surface area contributed by atoms with Gasteiger partial charge in [-0.15, -0.1) is 11.8 Å². The van der Waals surface area contributed by atoms with E-state index in [4.69, 9.17) is 17.5 Å². The average molecular weight is 245 g/mol. The van der Waals surface area contributed by atoms with Crippen LogP contribution in [0.2, 0.25) is 0 Å². The van der Waals surface area contributed by atoms with Gasteiger partial charge in [-0.1, -0.05) is 37.8 Å². The molecule has 0 aromatic heterocycles. The minimum atomic E-state index is -0.386. The quantitative estimate of drug-likeness (QED) is 0.690. The molecule has 0 bridgehead atoms. The lowest BCUT2D eigenvalue weighted by molar-refractivity contribution is 0.658. The second-order valence-corrected chi connectivity index (χ2v) is 8.80. The third kappa shape index (κ3) is 3.45. The van der Waals surface area contributed by atoms with Crippen molar-refractivity contribution in [3.05, 3.63) is 0 Å². The minimum absolute atomic E-state index is 0.386. The number of hydrogen-bond acceptors (Lipinski definition) is 4. The molecule has 1 aliphatic carbocycles. The van der Waals surface area contributed by atoms with Crippen LogP contribution in [0.15, 0.2) is 0 Å². The zero-order chi connectivity index (χ0) is 11.0. The van der Waals surface area contributed by atoms with E-state index >= 15 is 0 Å². The zero-order valence-electron chi connectivity index (χ0n) is 8.96. The molecule has 1 fully saturated rings. The van der Waals surface area contributed by atoms with E-state index in [1.54, 1.807) is 11.8 Å². The number of hydrogen-bond donors (Lipinski definition) is 0. The predicted molar refractivity (Wildman–Crippen MR) is 69.7 cm³/mol. The molecule has 14 heavy (non-hydrogen) atoms. The van der Waals surface area contributed by atoms with Gasteiger partial charge in [-0.05, 0) is 25.7 Å². The molecule has 1 unspecified atom stereocenters. The molecule has 0 aromatic rings. The van der Waals surface area contributed by atoms with Crippen molar-refractivity contribution < 1.29 is 0 Å². The Labute approximate surface area is 100 Å². The summed E-state index contributed by atoms with van der Waals surface area (Å²) in [6.45, 7) is 8.33. The molecule has 0 spiro atoms. The Balaban J connectivity index is 2.35. The highest BCUT2D eigenvalue weighted by molar-refractivity contribution is 8.47. The topological polar surface area (TPSA) is 23.8 Å². The van der Waals surface area contributed by atoms with E-state index in [1.807, 2.05) is 13.8 Å². The number of rotatable bonds is 2. The summed E-state index contributed by atoms with van der Waals surface area (Å²) in [5.41, 5.74) is 0.450. The second kappa shape index (κ2) is 4.03. The van der Waals surface area contributed by atoms with E-state index in [2.05, 4.69) is 19.9 Å². The molecule has 1 aliphatic rings. The van der Waals surface area contributed by atoms with Crippen LogP contribution in [-0.4, -0.2) is 13.5 Å². The number of nitriles is 1. The molecule has 0 amide bonds. The first-order valence-electron chi connectivity index (χ1n) is 4.58. The summed E-state index contributed by atoms with van der Waals surface area (Å²) in [5, 5.41) is 9.52. The van der Waals surface area contributed by atoms with E-state index in [0.717, 1.165) is 3.53 Å². The maximum absolute atomic E-state index is 8.86. The van der Waals surface area contributed by atoms with Gasteiger partial charge in [0.05, 0.1) is 6.07 Å². The van der Waals surface area contributed by atoms with Crippen LogP contribution in [0.5, 0.6) is 0 Å². The zero-order valence-corrected chi connectivity index (χ0v) is 11.4. The smallest absolute Gasteiger partial charge is 0.106 e. The maximum Gasteiger partial charge on any atom is 0.106 e. The van der Waals surface area contributed by atoms with Crippen molar-refractivity contribution in [2.75, 3.05) is 0 Å². The third-order valence-corrected chi connectivity index (χ3v) is 5.40. The van der Waals surface area contributed by atoms with Crippen molar-refractivity contribution in [3.8, 4) is 6.07 Å². The van der Waals surface area contributed by atoms with E-state index in [9.17, 15) is 0 Å². The summed E-state index contributed by atoms with van der Waals surface area (Å²) >= 11 is 8.52. The molecular weight excluding hydrogens is 230 g/mol. The third-order valence-electron chi connectivity index (χ3n) is 2.27. The van der Waals surface area contributed by atoms with Gasteiger partial charge in [0.25, 0.3) is 0 Å². The molecule has 0 heterocycles. The van der Waals surface area contributed by atoms with Crippen molar-refractivity contribution in [2.24, 2.45) is 5.41 Å². The molecule has 1 atom stereocenters. The number of thioether (sulfide) groups is 2. The molecule has 0 radical (unpaired) electrons. The van der Waals surface area contributed by atoms with Gasteiger partial charge in [-0.25, -0.2) is 0 Å². The molecule has 0 aliphatic heterocycles. The summed E-state index contributed by atoms with van der Waals surface area (Å²) in [7, 11) is 0. The van der Waals surface area contributed by atoms with Gasteiger partial charge in [-0.2, -0.15) is 5.26 Å². The summed E-state index contributed by atoms with van der Waals surface area (Å²) in [5.74, 6) is 0. The van der Waals surface area contributed by atoms with Gasteiger partial charge in [0.15, 0.2) is 0 Å². The summed E-state index contributed by atoms with van der Waals surface area (Å²) in [6, 6.07) is 2.25. The van der Waals surface area contributed by atoms with Gasteiger partial charge in [-0.3, -0.25) is 0 Å². The lowest BCUT2D eigenvalue weighted by atomic mass is 10.2. The molecule has 78 valence electrons. The lowest BCUT2D eigenvalue weighted by Gasteiger charge is -2.14. The average Bonchev–Trinajstić information content (AvgIpc) is 2.57. The monoisotopic (exact) mass is 245 g/mol. The van der Waals surface area contributed by atoms with Crippen LogP contribution < -0.4 is 0 Å². The molecule has 0 saturated heterocycles. The van der Waals surface area contributed by atoms with Crippen LogP contribution in [0.3, 0.4) is 0 Å². The molecule has 1 saturated carbocycles. The Morgan fingerprint density at radius 2 is 2.07 bits per heavy atom. The van der Waals surface area contributed by atoms with Gasteiger partial charge >= 0.3 is 0 Å². The Bertz CT molecular complexity index is 288. The van der Waals surface area contributed by atoms with Crippen LogP contribution in [0.25, 0.3) is 0 Å². The molecule has 1 nitrogen and oxygen atoms in total. The first-order valence-corrected chi connectivity index (χ1v) is 6.68. The normalized spacial score (nSPS) is 24.1. The van der Waals surface area contributed by atoms with Crippen LogP contribution in [0.4, 0.5) is 0 Å². The van der Waals surface area contributed by atoms with Crippen LogP contribution in [0.1, 0.15) is 34.1 Å². The number of thiocarbonyl (C=S) groups is 1. The van der Waals surface area contributed by atoms with E-state index in [0.29, 0.717) is 10.7 Å². The molecule has 0 aromatic carbocycles. The highest BCUT2D eigenvalue weighted by Gasteiger charge is 2.47. The highest BCUT2D eigenvalue weighted by atomic mass is 32.2. The van der Waals surface area contributed by atoms with Crippen molar-refractivity contribution in [1.82, 2.24) is 0 Å². The number of nitrogens with zero attached hydrogens (tertiary/aromatic N) is 1. The molecular formula is C10H15NS3. The van der Waals surface area contributed by atoms with Crippen molar-refractivity contribution in [2.45, 2.75) is 44.1 Å². The SMILES string of the molecule is CC(C)(C#N)SC(=S)SC1CC1(C)C. The fourth-order valence-corrected chi connectivity index (χ4v) is 4.66. The largest absolute Gasteiger partial charge is 0.197 e. The molecule has 1 rings (SSSR count). The van der Waals surface area contributed by atoms with Crippen molar-refractivity contribution >= 4 is 39.3 Å². The van der Waals surface area contributed by atoms with Crippen molar-refractivity contribution in [3.63, 3.8) is 0 Å². The maximum atomic E-state index is 8.86. The lowest BCUT2D eigenvalue weighted by Crippen LogP contribution is -2.12. The molecule has 4 heteroatoms. The van der Waals surface area contributed by atoms with Gasteiger partial charge < -0.3 is 0 Å². The van der Waals surface area contributed by atoms with E-state index in [-0.39, 0.29) is 4.75 Å². The fourth-order valence-electron chi connectivity index (χ4n) is 0.991. The van der Waals surface area contributed by atoms with Crippen LogP contribution >= 0.6 is 35.7 Å². The second-order valence-electron chi connectivity index (χ2n) is 4.77. The Hall–Kier alpha value is 0.280. The van der Waals surface area contributed by atoms with Crippen LogP contribution in [0, 0.1) is 16.7 Å². The summed E-state index contributed by atoms with van der Waals surface area (Å²) < 4.78 is 0.524. The van der Waals surface area contributed by atoms with Crippen molar-refractivity contribution in [1.29, 1.82) is 5.26 Å². The standard InChI is InChI=1S/C10H15NS3/c1-9(2)5-7(9)13-8(12)14-10(3,4)6-11/h7H,5H2,1-4H3. The first kappa shape index (κ1) is 12.4. The molecule has 0 N–H and O–H groups in total. The fraction of sp³-hybridized carbons (Fsp3) is 0.800. The minimum Gasteiger partial charge on any atom is -0.197 e. The summed E-state index contributed by atoms with van der Waals surface area (Å²) in [6.07, 6.45) is 1.24.